The lowest BCUT2D eigenvalue weighted by atomic mass is 9.96. The van der Waals surface area contributed by atoms with Crippen molar-refractivity contribution in [1.29, 1.82) is 0 Å². The van der Waals surface area contributed by atoms with Crippen molar-refractivity contribution in [3.05, 3.63) is 89.2 Å². The molecule has 0 saturated carbocycles. The number of halogens is 2. The Morgan fingerprint density at radius 3 is 2.40 bits per heavy atom. The smallest absolute Gasteiger partial charge is 0.241 e. The van der Waals surface area contributed by atoms with Gasteiger partial charge in [-0.05, 0) is 85.5 Å². The Bertz CT molecular complexity index is 1010. The third kappa shape index (κ3) is 5.17. The topological polar surface area (TPSA) is 50.4 Å². The van der Waals surface area contributed by atoms with Gasteiger partial charge in [-0.15, -0.1) is 0 Å². The van der Waals surface area contributed by atoms with Crippen molar-refractivity contribution in [2.24, 2.45) is 5.92 Å². The second-order valence-corrected chi connectivity index (χ2v) is 7.83. The molecule has 3 aromatic carbocycles. The zero-order chi connectivity index (χ0) is 20.9. The summed E-state index contributed by atoms with van der Waals surface area (Å²) in [6.45, 7) is 0.785. The number of amides is 1. The predicted octanol–water partition coefficient (Wildman–Crippen LogP) is 5.43. The summed E-state index contributed by atoms with van der Waals surface area (Å²) in [6.07, 6.45) is 1.62. The Morgan fingerprint density at radius 2 is 1.70 bits per heavy atom. The highest BCUT2D eigenvalue weighted by molar-refractivity contribution is 6.31. The minimum absolute atomic E-state index is 0.0520. The first-order chi connectivity index (χ1) is 14.6. The summed E-state index contributed by atoms with van der Waals surface area (Å²) in [5.74, 6) is 1.16. The van der Waals surface area contributed by atoms with Crippen molar-refractivity contribution >= 4 is 23.2 Å². The minimum atomic E-state index is -0.310. The molecule has 6 heteroatoms. The molecule has 3 aromatic rings. The van der Waals surface area contributed by atoms with E-state index < -0.39 is 0 Å². The van der Waals surface area contributed by atoms with Crippen LogP contribution in [0.5, 0.6) is 11.5 Å². The largest absolute Gasteiger partial charge is 0.457 e. The molecule has 1 amide bonds. The fourth-order valence-corrected chi connectivity index (χ4v) is 3.83. The van der Waals surface area contributed by atoms with Crippen LogP contribution < -0.4 is 15.4 Å². The van der Waals surface area contributed by atoms with E-state index in [1.54, 1.807) is 36.4 Å². The van der Waals surface area contributed by atoms with E-state index in [1.807, 2.05) is 24.3 Å². The Hall–Kier alpha value is -2.89. The first-order valence-corrected chi connectivity index (χ1v) is 10.3. The summed E-state index contributed by atoms with van der Waals surface area (Å²) in [5, 5.41) is 7.02. The van der Waals surface area contributed by atoms with Crippen LogP contribution in [0.1, 0.15) is 12.0 Å². The van der Waals surface area contributed by atoms with Gasteiger partial charge in [-0.3, -0.25) is 4.79 Å². The number of hydrogen-bond donors (Lipinski definition) is 2. The average Bonchev–Trinajstić information content (AvgIpc) is 3.22. The van der Waals surface area contributed by atoms with Gasteiger partial charge >= 0.3 is 0 Å². The number of anilines is 1. The molecule has 1 saturated heterocycles. The van der Waals surface area contributed by atoms with Crippen LogP contribution in [0.4, 0.5) is 10.1 Å². The van der Waals surface area contributed by atoms with Crippen LogP contribution in [-0.2, 0) is 11.2 Å². The zero-order valence-corrected chi connectivity index (χ0v) is 17.0. The molecule has 1 aliphatic heterocycles. The molecular formula is C24H22ClFN2O2. The number of benzene rings is 3. The lowest BCUT2D eigenvalue weighted by Gasteiger charge is -2.13. The van der Waals surface area contributed by atoms with Gasteiger partial charge in [-0.1, -0.05) is 29.8 Å². The molecule has 2 N–H and O–H groups in total. The van der Waals surface area contributed by atoms with Gasteiger partial charge in [0.1, 0.15) is 17.3 Å². The molecule has 0 bridgehead atoms. The van der Waals surface area contributed by atoms with E-state index in [-0.39, 0.29) is 17.8 Å². The van der Waals surface area contributed by atoms with Crippen LogP contribution in [0.25, 0.3) is 0 Å². The first-order valence-electron chi connectivity index (χ1n) is 9.88. The number of nitrogens with one attached hydrogen (secondary N) is 2. The molecule has 154 valence electrons. The molecule has 0 radical (unpaired) electrons. The quantitative estimate of drug-likeness (QED) is 0.554. The molecule has 2 atom stereocenters. The Labute approximate surface area is 180 Å². The highest BCUT2D eigenvalue weighted by atomic mass is 35.5. The second kappa shape index (κ2) is 9.28. The van der Waals surface area contributed by atoms with E-state index in [2.05, 4.69) is 10.6 Å². The minimum Gasteiger partial charge on any atom is -0.457 e. The molecule has 4 rings (SSSR count). The molecule has 0 aromatic heterocycles. The third-order valence-electron chi connectivity index (χ3n) is 5.18. The fourth-order valence-electron chi connectivity index (χ4n) is 3.61. The normalized spacial score (nSPS) is 18.2. The van der Waals surface area contributed by atoms with Crippen LogP contribution in [0.3, 0.4) is 0 Å². The molecule has 1 aliphatic rings. The highest BCUT2D eigenvalue weighted by Gasteiger charge is 2.29. The summed E-state index contributed by atoms with van der Waals surface area (Å²) in [7, 11) is 0. The van der Waals surface area contributed by atoms with Crippen molar-refractivity contribution < 1.29 is 13.9 Å². The highest BCUT2D eigenvalue weighted by Crippen LogP contribution is 2.26. The van der Waals surface area contributed by atoms with Gasteiger partial charge in [0.05, 0.1) is 6.04 Å². The summed E-state index contributed by atoms with van der Waals surface area (Å²) in [4.78, 5) is 12.6. The van der Waals surface area contributed by atoms with E-state index in [9.17, 15) is 9.18 Å². The van der Waals surface area contributed by atoms with E-state index in [1.165, 1.54) is 12.1 Å². The van der Waals surface area contributed by atoms with Crippen LogP contribution in [0.15, 0.2) is 72.8 Å². The number of rotatable bonds is 6. The van der Waals surface area contributed by atoms with Gasteiger partial charge in [-0.25, -0.2) is 4.39 Å². The molecule has 4 nitrogen and oxygen atoms in total. The lowest BCUT2D eigenvalue weighted by molar-refractivity contribution is -0.117. The number of carbonyl (C=O) groups excluding carboxylic acids is 1. The van der Waals surface area contributed by atoms with Crippen LogP contribution in [-0.4, -0.2) is 18.5 Å². The summed E-state index contributed by atoms with van der Waals surface area (Å²) in [5.41, 5.74) is 1.81. The second-order valence-electron chi connectivity index (χ2n) is 7.43. The van der Waals surface area contributed by atoms with E-state index in [4.69, 9.17) is 16.3 Å². The molecule has 30 heavy (non-hydrogen) atoms. The summed E-state index contributed by atoms with van der Waals surface area (Å²) < 4.78 is 18.6. The van der Waals surface area contributed by atoms with Crippen molar-refractivity contribution in [2.75, 3.05) is 11.9 Å². The maximum absolute atomic E-state index is 13.0. The number of carbonyl (C=O) groups is 1. The van der Waals surface area contributed by atoms with Crippen LogP contribution >= 0.6 is 11.6 Å². The zero-order valence-electron chi connectivity index (χ0n) is 16.3. The van der Waals surface area contributed by atoms with Gasteiger partial charge in [0, 0.05) is 10.7 Å². The fraction of sp³-hybridized carbons (Fsp3) is 0.208. The molecular weight excluding hydrogens is 403 g/mol. The number of ether oxygens (including phenoxy) is 1. The summed E-state index contributed by atoms with van der Waals surface area (Å²) in [6, 6.07) is 20.5. The maximum Gasteiger partial charge on any atom is 0.241 e. The van der Waals surface area contributed by atoms with E-state index in [0.717, 1.165) is 30.0 Å². The maximum atomic E-state index is 13.0. The van der Waals surface area contributed by atoms with Gasteiger partial charge in [0.15, 0.2) is 0 Å². The SMILES string of the molecule is O=C(Nc1ccc(Oc2ccc(F)cc2)cc1)[C@@H]1C[C@@H](Cc2ccccc2Cl)CN1. The van der Waals surface area contributed by atoms with Crippen molar-refractivity contribution in [3.63, 3.8) is 0 Å². The first kappa shape index (κ1) is 20.4. The standard InChI is InChI=1S/C24H22ClFN2O2/c25-22-4-2-1-3-17(22)13-16-14-23(27-15-16)24(29)28-19-7-11-21(12-8-19)30-20-9-5-18(26)6-10-20/h1-12,16,23,27H,13-15H2,(H,28,29)/t16-,23+/m1/s1. The lowest BCUT2D eigenvalue weighted by Crippen LogP contribution is -2.35. The molecule has 0 spiro atoms. The van der Waals surface area contributed by atoms with Crippen molar-refractivity contribution in [3.8, 4) is 11.5 Å². The van der Waals surface area contributed by atoms with Gasteiger partial charge < -0.3 is 15.4 Å². The number of hydrogen-bond acceptors (Lipinski definition) is 3. The third-order valence-corrected chi connectivity index (χ3v) is 5.54. The summed E-state index contributed by atoms with van der Waals surface area (Å²) >= 11 is 6.25. The average molecular weight is 425 g/mol. The molecule has 1 fully saturated rings. The van der Waals surface area contributed by atoms with E-state index >= 15 is 0 Å². The monoisotopic (exact) mass is 424 g/mol. The van der Waals surface area contributed by atoms with Gasteiger partial charge in [0.25, 0.3) is 0 Å². The predicted molar refractivity (Wildman–Crippen MR) is 117 cm³/mol. The Morgan fingerprint density at radius 1 is 1.03 bits per heavy atom. The van der Waals surface area contributed by atoms with E-state index in [0.29, 0.717) is 23.1 Å². The Balaban J connectivity index is 1.29. The Kier molecular flexibility index (Phi) is 6.31. The van der Waals surface area contributed by atoms with Crippen molar-refractivity contribution in [2.45, 2.75) is 18.9 Å². The molecule has 0 aliphatic carbocycles. The van der Waals surface area contributed by atoms with Gasteiger partial charge in [0.2, 0.25) is 5.91 Å². The van der Waals surface area contributed by atoms with Crippen LogP contribution in [0.2, 0.25) is 5.02 Å². The molecule has 0 unspecified atom stereocenters. The van der Waals surface area contributed by atoms with Crippen molar-refractivity contribution in [1.82, 2.24) is 5.32 Å². The molecule has 1 heterocycles. The van der Waals surface area contributed by atoms with Gasteiger partial charge in [-0.2, -0.15) is 0 Å². The van der Waals surface area contributed by atoms with Crippen LogP contribution in [0, 0.1) is 11.7 Å².